The summed E-state index contributed by atoms with van der Waals surface area (Å²) < 4.78 is 28.0. The Balaban J connectivity index is 1.74. The fourth-order valence-electron chi connectivity index (χ4n) is 3.08. The number of rotatable bonds is 4. The molecule has 0 unspecified atom stereocenters. The minimum absolute atomic E-state index is 0.0423. The van der Waals surface area contributed by atoms with E-state index in [0.717, 1.165) is 11.1 Å². The summed E-state index contributed by atoms with van der Waals surface area (Å²) in [6, 6.07) is 11.1. The van der Waals surface area contributed by atoms with Crippen LogP contribution in [0.3, 0.4) is 0 Å². The van der Waals surface area contributed by atoms with E-state index >= 15 is 0 Å². The molecule has 7 nitrogen and oxygen atoms in total. The van der Waals surface area contributed by atoms with Gasteiger partial charge in [-0.3, -0.25) is 14.3 Å². The average molecular weight is 416 g/mol. The molecule has 2 aromatic carbocycles. The fraction of sp³-hybridized carbons (Fsp3) is 0.333. The highest BCUT2D eigenvalue weighted by Crippen LogP contribution is 2.26. The third-order valence-electron chi connectivity index (χ3n) is 4.54. The van der Waals surface area contributed by atoms with Crippen LogP contribution >= 0.6 is 0 Å². The molecule has 0 fully saturated rings. The number of fused-ring (bicyclic) bond motifs is 1. The number of benzene rings is 2. The van der Waals surface area contributed by atoms with Crippen molar-refractivity contribution >= 4 is 27.5 Å². The van der Waals surface area contributed by atoms with Crippen molar-refractivity contribution in [3.8, 4) is 0 Å². The summed E-state index contributed by atoms with van der Waals surface area (Å²) in [7, 11) is -3.79. The maximum Gasteiger partial charge on any atom is 0.261 e. The molecule has 1 aliphatic heterocycles. The van der Waals surface area contributed by atoms with E-state index < -0.39 is 10.0 Å². The molecule has 2 aromatic rings. The van der Waals surface area contributed by atoms with Crippen molar-refractivity contribution in [3.63, 3.8) is 0 Å². The number of hydrogen-bond donors (Lipinski definition) is 2. The van der Waals surface area contributed by atoms with Gasteiger partial charge in [0.15, 0.2) is 0 Å². The minimum Gasteiger partial charge on any atom is -0.347 e. The fourth-order valence-corrected chi connectivity index (χ4v) is 4.19. The van der Waals surface area contributed by atoms with E-state index in [1.54, 1.807) is 41.3 Å². The van der Waals surface area contributed by atoms with Crippen LogP contribution in [-0.2, 0) is 27.9 Å². The van der Waals surface area contributed by atoms with E-state index in [1.807, 2.05) is 20.8 Å². The molecule has 2 N–H and O–H groups in total. The Morgan fingerprint density at radius 2 is 1.59 bits per heavy atom. The SMILES string of the molecule is CC(=O)N1Cc2ccc(S(=O)(=O)Nc3ccc(C(=O)NC(C)(C)C)cc3)cc2C1. The lowest BCUT2D eigenvalue weighted by Gasteiger charge is -2.20. The van der Waals surface area contributed by atoms with Gasteiger partial charge < -0.3 is 10.2 Å². The van der Waals surface area contributed by atoms with Crippen molar-refractivity contribution in [1.82, 2.24) is 10.2 Å². The number of carbonyl (C=O) groups is 2. The van der Waals surface area contributed by atoms with Gasteiger partial charge in [0.1, 0.15) is 0 Å². The molecule has 0 bridgehead atoms. The molecule has 1 aliphatic rings. The number of nitrogens with zero attached hydrogens (tertiary/aromatic N) is 1. The number of nitrogens with one attached hydrogen (secondary N) is 2. The summed E-state index contributed by atoms with van der Waals surface area (Å²) >= 11 is 0. The summed E-state index contributed by atoms with van der Waals surface area (Å²) in [6.07, 6.45) is 0. The van der Waals surface area contributed by atoms with E-state index in [9.17, 15) is 18.0 Å². The lowest BCUT2D eigenvalue weighted by molar-refractivity contribution is -0.129. The van der Waals surface area contributed by atoms with Gasteiger partial charge in [-0.1, -0.05) is 6.07 Å². The molecule has 0 saturated heterocycles. The van der Waals surface area contributed by atoms with Gasteiger partial charge in [0.25, 0.3) is 15.9 Å². The van der Waals surface area contributed by atoms with Crippen molar-refractivity contribution < 1.29 is 18.0 Å². The molecule has 0 aliphatic carbocycles. The molecule has 8 heteroatoms. The van der Waals surface area contributed by atoms with Crippen LogP contribution in [-0.4, -0.2) is 30.7 Å². The summed E-state index contributed by atoms with van der Waals surface area (Å²) in [5, 5.41) is 2.86. The van der Waals surface area contributed by atoms with Crippen molar-refractivity contribution in [2.45, 2.75) is 51.2 Å². The summed E-state index contributed by atoms with van der Waals surface area (Å²) in [4.78, 5) is 25.5. The van der Waals surface area contributed by atoms with Crippen molar-refractivity contribution in [1.29, 1.82) is 0 Å². The zero-order valence-electron chi connectivity index (χ0n) is 16.9. The van der Waals surface area contributed by atoms with Crippen LogP contribution < -0.4 is 10.0 Å². The molecule has 1 heterocycles. The van der Waals surface area contributed by atoms with Gasteiger partial charge in [-0.2, -0.15) is 0 Å². The maximum atomic E-state index is 12.8. The van der Waals surface area contributed by atoms with Crippen molar-refractivity contribution in [2.24, 2.45) is 0 Å². The van der Waals surface area contributed by atoms with Gasteiger partial charge in [0, 0.05) is 36.8 Å². The highest BCUT2D eigenvalue weighted by Gasteiger charge is 2.24. The Kier molecular flexibility index (Phi) is 5.40. The van der Waals surface area contributed by atoms with Crippen LogP contribution in [0.25, 0.3) is 0 Å². The molecule has 0 saturated carbocycles. The normalized spacial score (nSPS) is 13.7. The quantitative estimate of drug-likeness (QED) is 0.803. The highest BCUT2D eigenvalue weighted by atomic mass is 32.2. The van der Waals surface area contributed by atoms with Gasteiger partial charge >= 0.3 is 0 Å². The molecule has 0 atom stereocenters. The third kappa shape index (κ3) is 4.95. The second-order valence-electron chi connectivity index (χ2n) is 8.19. The molecule has 0 radical (unpaired) electrons. The predicted octanol–water partition coefficient (Wildman–Crippen LogP) is 2.88. The summed E-state index contributed by atoms with van der Waals surface area (Å²) in [6.45, 7) is 8.07. The largest absolute Gasteiger partial charge is 0.347 e. The maximum absolute atomic E-state index is 12.8. The Bertz CT molecular complexity index is 1050. The first-order valence-electron chi connectivity index (χ1n) is 9.27. The van der Waals surface area contributed by atoms with E-state index in [-0.39, 0.29) is 22.2 Å². The number of amides is 2. The van der Waals surface area contributed by atoms with Crippen LogP contribution in [0.5, 0.6) is 0 Å². The van der Waals surface area contributed by atoms with Gasteiger partial charge in [0.2, 0.25) is 5.91 Å². The zero-order chi connectivity index (χ0) is 21.4. The van der Waals surface area contributed by atoms with E-state index in [4.69, 9.17) is 0 Å². The number of carbonyl (C=O) groups excluding carboxylic acids is 2. The Morgan fingerprint density at radius 1 is 0.966 bits per heavy atom. The van der Waals surface area contributed by atoms with E-state index in [2.05, 4.69) is 10.0 Å². The molecular formula is C21H25N3O4S. The van der Waals surface area contributed by atoms with Crippen LogP contribution in [0.15, 0.2) is 47.4 Å². The predicted molar refractivity (Wildman–Crippen MR) is 111 cm³/mol. The Hall–Kier alpha value is -2.87. The topological polar surface area (TPSA) is 95.6 Å². The Morgan fingerprint density at radius 3 is 2.17 bits per heavy atom. The molecule has 0 aromatic heterocycles. The van der Waals surface area contributed by atoms with Gasteiger partial charge in [-0.25, -0.2) is 8.42 Å². The van der Waals surface area contributed by atoms with E-state index in [0.29, 0.717) is 24.3 Å². The first-order chi connectivity index (χ1) is 13.4. The Labute approximate surface area is 171 Å². The summed E-state index contributed by atoms with van der Waals surface area (Å²) in [5.74, 6) is -0.264. The lowest BCUT2D eigenvalue weighted by Crippen LogP contribution is -2.40. The lowest BCUT2D eigenvalue weighted by atomic mass is 10.1. The smallest absolute Gasteiger partial charge is 0.261 e. The highest BCUT2D eigenvalue weighted by molar-refractivity contribution is 7.92. The number of anilines is 1. The number of sulfonamides is 1. The van der Waals surface area contributed by atoms with Crippen LogP contribution in [0.1, 0.15) is 49.2 Å². The molecule has 29 heavy (non-hydrogen) atoms. The molecular weight excluding hydrogens is 390 g/mol. The van der Waals surface area contributed by atoms with Crippen molar-refractivity contribution in [2.75, 3.05) is 4.72 Å². The second kappa shape index (κ2) is 7.51. The van der Waals surface area contributed by atoms with Crippen LogP contribution in [0, 0.1) is 0 Å². The molecule has 2 amide bonds. The van der Waals surface area contributed by atoms with Gasteiger partial charge in [-0.05, 0) is 68.3 Å². The van der Waals surface area contributed by atoms with Gasteiger partial charge in [-0.15, -0.1) is 0 Å². The summed E-state index contributed by atoms with van der Waals surface area (Å²) in [5.41, 5.74) is 2.24. The average Bonchev–Trinajstić information content (AvgIpc) is 3.04. The first kappa shape index (κ1) is 20.9. The van der Waals surface area contributed by atoms with Crippen molar-refractivity contribution in [3.05, 3.63) is 59.2 Å². The van der Waals surface area contributed by atoms with Gasteiger partial charge in [0.05, 0.1) is 4.90 Å². The van der Waals surface area contributed by atoms with Crippen LogP contribution in [0.4, 0.5) is 5.69 Å². The number of hydrogen-bond acceptors (Lipinski definition) is 4. The first-order valence-corrected chi connectivity index (χ1v) is 10.8. The molecule has 154 valence electrons. The van der Waals surface area contributed by atoms with Crippen LogP contribution in [0.2, 0.25) is 0 Å². The second-order valence-corrected chi connectivity index (χ2v) is 9.87. The standard InChI is InChI=1S/C21H25N3O4S/c1-14(25)24-12-16-7-10-19(11-17(16)13-24)29(27,28)23-18-8-5-15(6-9-18)20(26)22-21(2,3)4/h5-11,23H,12-13H2,1-4H3,(H,22,26). The van der Waals surface area contributed by atoms with E-state index in [1.165, 1.54) is 13.0 Å². The molecule has 0 spiro atoms. The minimum atomic E-state index is -3.79. The monoisotopic (exact) mass is 415 g/mol. The zero-order valence-corrected chi connectivity index (χ0v) is 17.8. The molecule has 3 rings (SSSR count). The third-order valence-corrected chi connectivity index (χ3v) is 5.92.